The van der Waals surface area contributed by atoms with E-state index >= 15 is 0 Å². The molecule has 26 heavy (non-hydrogen) atoms. The average Bonchev–Trinajstić information content (AvgIpc) is 3.29. The number of hydrogen-bond donors (Lipinski definition) is 2. The lowest BCUT2D eigenvalue weighted by atomic mass is 9.80. The molecule has 2 aliphatic rings. The van der Waals surface area contributed by atoms with Gasteiger partial charge in [-0.2, -0.15) is 0 Å². The highest BCUT2D eigenvalue weighted by molar-refractivity contribution is 5.57. The van der Waals surface area contributed by atoms with Crippen LogP contribution in [0.25, 0.3) is 11.3 Å². The van der Waals surface area contributed by atoms with Crippen molar-refractivity contribution >= 4 is 0 Å². The molecule has 4 atom stereocenters. The van der Waals surface area contributed by atoms with Crippen molar-refractivity contribution in [1.82, 2.24) is 25.9 Å². The van der Waals surface area contributed by atoms with Crippen LogP contribution in [0.4, 0.5) is 0 Å². The Kier molecular flexibility index (Phi) is 5.31. The molecule has 2 N–H and O–H groups in total. The Balaban J connectivity index is 1.34. The fourth-order valence-corrected chi connectivity index (χ4v) is 4.22. The maximum Gasteiger partial charge on any atom is 0.151 e. The van der Waals surface area contributed by atoms with Crippen LogP contribution in [0.3, 0.4) is 0 Å². The van der Waals surface area contributed by atoms with Crippen LogP contribution in [0.2, 0.25) is 0 Å². The van der Waals surface area contributed by atoms with Gasteiger partial charge in [0, 0.05) is 49.8 Å². The highest BCUT2D eigenvalue weighted by atomic mass is 16.5. The average molecular weight is 357 g/mol. The van der Waals surface area contributed by atoms with Crippen molar-refractivity contribution in [2.24, 2.45) is 5.92 Å². The molecule has 0 bridgehead atoms. The second-order valence-electron chi connectivity index (χ2n) is 7.45. The minimum absolute atomic E-state index is 0.392. The minimum Gasteiger partial charge on any atom is -0.381 e. The smallest absolute Gasteiger partial charge is 0.151 e. The van der Waals surface area contributed by atoms with E-state index in [9.17, 15) is 0 Å². The topological polar surface area (TPSA) is 75.5 Å². The molecule has 140 valence electrons. The van der Waals surface area contributed by atoms with Gasteiger partial charge in [0.2, 0.25) is 0 Å². The molecule has 0 spiro atoms. The lowest BCUT2D eigenvalue weighted by molar-refractivity contribution is 0.0417. The fraction of sp³-hybridized carbons (Fsp3) is 0.579. The zero-order valence-electron chi connectivity index (χ0n) is 15.4. The molecule has 2 fully saturated rings. The summed E-state index contributed by atoms with van der Waals surface area (Å²) in [4.78, 5) is 6.33. The van der Waals surface area contributed by atoms with Gasteiger partial charge in [0.1, 0.15) is 5.69 Å². The number of hydrazine groups is 1. The lowest BCUT2D eigenvalue weighted by Gasteiger charge is -2.33. The molecule has 3 heterocycles. The highest BCUT2D eigenvalue weighted by Gasteiger charge is 2.40. The molecule has 4 rings (SSSR count). The monoisotopic (exact) mass is 357 g/mol. The third-order valence-corrected chi connectivity index (χ3v) is 5.62. The number of hydrogen-bond acceptors (Lipinski definition) is 7. The van der Waals surface area contributed by atoms with Crippen LogP contribution in [0.15, 0.2) is 35.1 Å². The van der Waals surface area contributed by atoms with Gasteiger partial charge < -0.3 is 9.26 Å². The summed E-state index contributed by atoms with van der Waals surface area (Å²) in [5.74, 6) is 1.48. The van der Waals surface area contributed by atoms with Gasteiger partial charge in [0.15, 0.2) is 5.76 Å². The van der Waals surface area contributed by atoms with Crippen molar-refractivity contribution in [3.63, 3.8) is 0 Å². The van der Waals surface area contributed by atoms with Crippen molar-refractivity contribution < 1.29 is 9.26 Å². The number of aromatic nitrogens is 2. The first kappa shape index (κ1) is 17.6. The zero-order valence-corrected chi connectivity index (χ0v) is 15.4. The number of rotatable bonds is 6. The summed E-state index contributed by atoms with van der Waals surface area (Å²) >= 11 is 0. The molecule has 2 aromatic rings. The number of pyridine rings is 1. The predicted octanol–water partition coefficient (Wildman–Crippen LogP) is 1.83. The van der Waals surface area contributed by atoms with E-state index in [4.69, 9.17) is 9.26 Å². The summed E-state index contributed by atoms with van der Waals surface area (Å²) < 4.78 is 11.1. The van der Waals surface area contributed by atoms with Gasteiger partial charge in [0.05, 0.1) is 12.6 Å². The molecule has 7 nitrogen and oxygen atoms in total. The van der Waals surface area contributed by atoms with E-state index in [1.165, 1.54) is 6.42 Å². The van der Waals surface area contributed by atoms with Crippen LogP contribution >= 0.6 is 0 Å². The molecule has 1 aliphatic carbocycles. The lowest BCUT2D eigenvalue weighted by Crippen LogP contribution is -2.42. The Morgan fingerprint density at radius 1 is 1.27 bits per heavy atom. The molecule has 0 radical (unpaired) electrons. The number of likely N-dealkylation sites (N-methyl/N-ethyl adjacent to an activating group) is 1. The van der Waals surface area contributed by atoms with E-state index in [2.05, 4.69) is 32.9 Å². The summed E-state index contributed by atoms with van der Waals surface area (Å²) in [7, 11) is 3.95. The first-order valence-corrected chi connectivity index (χ1v) is 9.31. The summed E-state index contributed by atoms with van der Waals surface area (Å²) in [5.41, 5.74) is 8.84. The Morgan fingerprint density at radius 3 is 2.92 bits per heavy atom. The van der Waals surface area contributed by atoms with Crippen molar-refractivity contribution in [1.29, 1.82) is 0 Å². The summed E-state index contributed by atoms with van der Waals surface area (Å²) in [6.07, 6.45) is 7.36. The zero-order chi connectivity index (χ0) is 17.9. The quantitative estimate of drug-likeness (QED) is 0.817. The third kappa shape index (κ3) is 3.81. The summed E-state index contributed by atoms with van der Waals surface area (Å²) in [6.45, 7) is 1.69. The molecule has 0 amide bonds. The Bertz CT molecular complexity index is 707. The van der Waals surface area contributed by atoms with Gasteiger partial charge in [-0.3, -0.25) is 20.7 Å². The third-order valence-electron chi connectivity index (χ3n) is 5.62. The molecular formula is C19H27N5O2. The van der Waals surface area contributed by atoms with E-state index in [0.717, 1.165) is 42.9 Å². The van der Waals surface area contributed by atoms with E-state index in [-0.39, 0.29) is 0 Å². The predicted molar refractivity (Wildman–Crippen MR) is 98.1 cm³/mol. The second kappa shape index (κ2) is 7.84. The van der Waals surface area contributed by atoms with Crippen molar-refractivity contribution in [3.8, 4) is 11.3 Å². The Hall–Kier alpha value is -1.80. The van der Waals surface area contributed by atoms with Gasteiger partial charge in [-0.25, -0.2) is 0 Å². The maximum absolute atomic E-state index is 5.60. The fourth-order valence-electron chi connectivity index (χ4n) is 4.22. The molecule has 1 aliphatic heterocycles. The first-order chi connectivity index (χ1) is 12.7. The van der Waals surface area contributed by atoms with Crippen molar-refractivity contribution in [2.75, 3.05) is 20.7 Å². The van der Waals surface area contributed by atoms with Crippen LogP contribution in [0, 0.1) is 5.92 Å². The van der Waals surface area contributed by atoms with Crippen LogP contribution < -0.4 is 10.9 Å². The number of methoxy groups -OCH3 is 1. The van der Waals surface area contributed by atoms with Crippen LogP contribution in [-0.4, -0.2) is 53.9 Å². The van der Waals surface area contributed by atoms with Crippen LogP contribution in [0.5, 0.6) is 0 Å². The Labute approximate surface area is 154 Å². The number of ether oxygens (including phenoxy) is 1. The van der Waals surface area contributed by atoms with Gasteiger partial charge in [0.25, 0.3) is 0 Å². The van der Waals surface area contributed by atoms with E-state index in [0.29, 0.717) is 24.1 Å². The van der Waals surface area contributed by atoms with Crippen molar-refractivity contribution in [3.05, 3.63) is 36.4 Å². The van der Waals surface area contributed by atoms with Gasteiger partial charge >= 0.3 is 0 Å². The second-order valence-corrected chi connectivity index (χ2v) is 7.45. The van der Waals surface area contributed by atoms with Gasteiger partial charge in [-0.15, -0.1) is 0 Å². The van der Waals surface area contributed by atoms with E-state index in [1.54, 1.807) is 12.4 Å². The Morgan fingerprint density at radius 2 is 2.12 bits per heavy atom. The van der Waals surface area contributed by atoms with Crippen molar-refractivity contribution in [2.45, 2.75) is 44.0 Å². The molecule has 4 unspecified atom stereocenters. The van der Waals surface area contributed by atoms with Gasteiger partial charge in [-0.1, -0.05) is 5.16 Å². The van der Waals surface area contributed by atoms with Crippen LogP contribution in [-0.2, 0) is 11.3 Å². The largest absolute Gasteiger partial charge is 0.381 e. The standard InChI is InChI=1S/C19H27N5O2/c1-24(11-15-10-18(23-26-15)13-5-7-20-8-6-13)12-19-16-9-14(25-2)3-4-17(16)21-22-19/h5-8,10,14,16-17,19,21-22H,3-4,9,11-12H2,1-2H3. The summed E-state index contributed by atoms with van der Waals surface area (Å²) in [5, 5.41) is 4.18. The molecule has 2 aromatic heterocycles. The number of nitrogens with zero attached hydrogens (tertiary/aromatic N) is 3. The molecule has 7 heteroatoms. The maximum atomic E-state index is 5.60. The number of nitrogens with one attached hydrogen (secondary N) is 2. The van der Waals surface area contributed by atoms with Crippen LogP contribution in [0.1, 0.15) is 25.0 Å². The molecule has 1 saturated heterocycles. The minimum atomic E-state index is 0.392. The normalized spacial score (nSPS) is 28.4. The van der Waals surface area contributed by atoms with Gasteiger partial charge in [-0.05, 0) is 44.4 Å². The molecule has 0 aromatic carbocycles. The molecular weight excluding hydrogens is 330 g/mol. The number of fused-ring (bicyclic) bond motifs is 1. The highest BCUT2D eigenvalue weighted by Crippen LogP contribution is 2.32. The molecule has 1 saturated carbocycles. The van der Waals surface area contributed by atoms with E-state index < -0.39 is 0 Å². The SMILES string of the molecule is COC1CCC2NNC(CN(C)Cc3cc(-c4ccncc4)no3)C2C1. The first-order valence-electron chi connectivity index (χ1n) is 9.31. The summed E-state index contributed by atoms with van der Waals surface area (Å²) in [6, 6.07) is 6.87. The van der Waals surface area contributed by atoms with E-state index in [1.807, 2.05) is 25.3 Å².